The Hall–Kier alpha value is -3.08. The normalized spacial score (nSPS) is 12.2. The summed E-state index contributed by atoms with van der Waals surface area (Å²) in [6.45, 7) is 14.4. The van der Waals surface area contributed by atoms with Gasteiger partial charge in [0.05, 0.1) is 0 Å². The van der Waals surface area contributed by atoms with E-state index in [1.165, 1.54) is 6.07 Å². The van der Waals surface area contributed by atoms with Crippen LogP contribution in [0.3, 0.4) is 0 Å². The molecule has 0 saturated carbocycles. The third-order valence-electron chi connectivity index (χ3n) is 5.29. The minimum Gasteiger partial charge on any atom is -0.398 e. The summed E-state index contributed by atoms with van der Waals surface area (Å²) in [4.78, 5) is 0. The van der Waals surface area contributed by atoms with E-state index in [2.05, 4.69) is 45.7 Å². The SMILES string of the molecule is C=C(C)N/C(=C\C(C)(C)c1ccc(N)c(C(=N)N)c1)c1cc(F)ccc1CCC(C)C. The largest absolute Gasteiger partial charge is 0.398 e. The van der Waals surface area contributed by atoms with Crippen molar-refractivity contribution in [2.75, 3.05) is 5.73 Å². The lowest BCUT2D eigenvalue weighted by molar-refractivity contribution is 0.584. The van der Waals surface area contributed by atoms with Crippen LogP contribution in [0.4, 0.5) is 10.1 Å². The van der Waals surface area contributed by atoms with Crippen LogP contribution < -0.4 is 16.8 Å². The number of benzene rings is 2. The maximum Gasteiger partial charge on any atom is 0.124 e. The molecular weight excluding hydrogens is 387 g/mol. The minimum absolute atomic E-state index is 0.0690. The van der Waals surface area contributed by atoms with E-state index in [0.717, 1.165) is 40.9 Å². The lowest BCUT2D eigenvalue weighted by atomic mass is 9.81. The van der Waals surface area contributed by atoms with Crippen LogP contribution in [0.5, 0.6) is 0 Å². The number of hydrogen-bond donors (Lipinski definition) is 4. The Morgan fingerprint density at radius 3 is 2.45 bits per heavy atom. The van der Waals surface area contributed by atoms with Gasteiger partial charge in [0.15, 0.2) is 0 Å². The number of nitrogen functional groups attached to an aromatic ring is 2. The summed E-state index contributed by atoms with van der Waals surface area (Å²) in [6.07, 6.45) is 3.95. The van der Waals surface area contributed by atoms with Crippen molar-refractivity contribution in [3.8, 4) is 0 Å². The summed E-state index contributed by atoms with van der Waals surface area (Å²) in [5.41, 5.74) is 16.7. The Balaban J connectivity index is 2.61. The molecule has 0 saturated heterocycles. The van der Waals surface area contributed by atoms with E-state index < -0.39 is 5.41 Å². The van der Waals surface area contributed by atoms with E-state index in [0.29, 0.717) is 17.2 Å². The Morgan fingerprint density at radius 2 is 1.87 bits per heavy atom. The quantitative estimate of drug-likeness (QED) is 0.237. The van der Waals surface area contributed by atoms with E-state index in [9.17, 15) is 4.39 Å². The van der Waals surface area contributed by atoms with Crippen LogP contribution in [0, 0.1) is 17.1 Å². The first kappa shape index (κ1) is 24.2. The Kier molecular flexibility index (Phi) is 7.66. The fourth-order valence-corrected chi connectivity index (χ4v) is 3.51. The average Bonchev–Trinajstić information content (AvgIpc) is 2.65. The number of anilines is 1. The Bertz CT molecular complexity index is 1000. The van der Waals surface area contributed by atoms with E-state index >= 15 is 0 Å². The van der Waals surface area contributed by atoms with Gasteiger partial charge in [-0.25, -0.2) is 4.39 Å². The molecule has 0 atom stereocenters. The highest BCUT2D eigenvalue weighted by Gasteiger charge is 2.22. The molecule has 166 valence electrons. The molecule has 2 aromatic rings. The molecule has 0 spiro atoms. The van der Waals surface area contributed by atoms with Gasteiger partial charge in [-0.05, 0) is 61.1 Å². The number of hydrogen-bond acceptors (Lipinski definition) is 3. The third-order valence-corrected chi connectivity index (χ3v) is 5.29. The van der Waals surface area contributed by atoms with Gasteiger partial charge in [-0.1, -0.05) is 52.5 Å². The second-order valence-electron chi connectivity index (χ2n) is 9.13. The van der Waals surface area contributed by atoms with Crippen molar-refractivity contribution >= 4 is 17.2 Å². The second kappa shape index (κ2) is 9.82. The van der Waals surface area contributed by atoms with Crippen molar-refractivity contribution in [1.82, 2.24) is 5.32 Å². The zero-order valence-corrected chi connectivity index (χ0v) is 19.3. The number of nitrogens with two attached hydrogens (primary N) is 2. The lowest BCUT2D eigenvalue weighted by Gasteiger charge is -2.26. The molecule has 0 amide bonds. The van der Waals surface area contributed by atoms with Crippen LogP contribution in [-0.4, -0.2) is 5.84 Å². The van der Waals surface area contributed by atoms with E-state index in [4.69, 9.17) is 16.9 Å². The molecule has 0 radical (unpaired) electrons. The molecule has 0 unspecified atom stereocenters. The highest BCUT2D eigenvalue weighted by Crippen LogP contribution is 2.32. The fraction of sp³-hybridized carbons (Fsp3) is 0.346. The zero-order chi connectivity index (χ0) is 23.3. The second-order valence-corrected chi connectivity index (χ2v) is 9.13. The number of amidine groups is 1. The van der Waals surface area contributed by atoms with Crippen molar-refractivity contribution in [2.24, 2.45) is 11.7 Å². The van der Waals surface area contributed by atoms with Gasteiger partial charge in [-0.3, -0.25) is 5.41 Å². The Morgan fingerprint density at radius 1 is 1.19 bits per heavy atom. The van der Waals surface area contributed by atoms with Crippen LogP contribution in [0.15, 0.2) is 54.8 Å². The molecule has 0 aliphatic carbocycles. The number of nitrogens with one attached hydrogen (secondary N) is 2. The van der Waals surface area contributed by atoms with E-state index in [1.807, 2.05) is 25.1 Å². The summed E-state index contributed by atoms with van der Waals surface area (Å²) in [7, 11) is 0. The van der Waals surface area contributed by atoms with Crippen LogP contribution in [0.1, 0.15) is 63.3 Å². The van der Waals surface area contributed by atoms with Gasteiger partial charge in [-0.15, -0.1) is 0 Å². The van der Waals surface area contributed by atoms with Gasteiger partial charge in [0.1, 0.15) is 11.7 Å². The van der Waals surface area contributed by atoms with Gasteiger partial charge in [0, 0.05) is 33.6 Å². The molecule has 0 bridgehead atoms. The summed E-state index contributed by atoms with van der Waals surface area (Å²) in [6, 6.07) is 10.5. The lowest BCUT2D eigenvalue weighted by Crippen LogP contribution is -2.21. The molecule has 2 rings (SSSR count). The molecule has 5 heteroatoms. The third kappa shape index (κ3) is 6.45. The van der Waals surface area contributed by atoms with Gasteiger partial charge in [0.2, 0.25) is 0 Å². The number of rotatable bonds is 9. The molecule has 4 nitrogen and oxygen atoms in total. The fourth-order valence-electron chi connectivity index (χ4n) is 3.51. The van der Waals surface area contributed by atoms with Crippen LogP contribution in [-0.2, 0) is 11.8 Å². The van der Waals surface area contributed by atoms with Crippen molar-refractivity contribution in [2.45, 2.75) is 52.9 Å². The number of allylic oxidation sites excluding steroid dienone is 2. The predicted molar refractivity (Wildman–Crippen MR) is 130 cm³/mol. The molecule has 31 heavy (non-hydrogen) atoms. The van der Waals surface area contributed by atoms with Crippen LogP contribution in [0.2, 0.25) is 0 Å². The molecule has 2 aromatic carbocycles. The summed E-state index contributed by atoms with van der Waals surface area (Å²) >= 11 is 0. The van der Waals surface area contributed by atoms with Crippen molar-refractivity contribution in [1.29, 1.82) is 5.41 Å². The van der Waals surface area contributed by atoms with Crippen molar-refractivity contribution in [3.63, 3.8) is 0 Å². The number of halogens is 1. The first-order chi connectivity index (χ1) is 14.4. The van der Waals surface area contributed by atoms with Crippen molar-refractivity contribution < 1.29 is 4.39 Å². The molecular formula is C26H35FN4. The molecule has 0 aliphatic rings. The summed E-state index contributed by atoms with van der Waals surface area (Å²) in [5, 5.41) is 11.1. The van der Waals surface area contributed by atoms with E-state index in [1.54, 1.807) is 12.1 Å². The highest BCUT2D eigenvalue weighted by molar-refractivity contribution is 6.00. The van der Waals surface area contributed by atoms with Gasteiger partial charge >= 0.3 is 0 Å². The number of aryl methyl sites for hydroxylation is 1. The molecule has 0 heterocycles. The minimum atomic E-state index is -0.447. The monoisotopic (exact) mass is 422 g/mol. The Labute approximate surface area is 185 Å². The van der Waals surface area contributed by atoms with Gasteiger partial charge < -0.3 is 16.8 Å². The molecule has 0 aromatic heterocycles. The first-order valence-corrected chi connectivity index (χ1v) is 10.6. The molecule has 6 N–H and O–H groups in total. The highest BCUT2D eigenvalue weighted by atomic mass is 19.1. The van der Waals surface area contributed by atoms with Gasteiger partial charge in [0.25, 0.3) is 0 Å². The maximum atomic E-state index is 14.3. The first-order valence-electron chi connectivity index (χ1n) is 10.6. The summed E-state index contributed by atoms with van der Waals surface area (Å²) in [5.74, 6) is 0.207. The predicted octanol–water partition coefficient (Wildman–Crippen LogP) is 5.72. The van der Waals surface area contributed by atoms with Crippen LogP contribution >= 0.6 is 0 Å². The average molecular weight is 423 g/mol. The smallest absolute Gasteiger partial charge is 0.124 e. The molecule has 0 aliphatic heterocycles. The van der Waals surface area contributed by atoms with Crippen LogP contribution in [0.25, 0.3) is 5.70 Å². The van der Waals surface area contributed by atoms with Crippen molar-refractivity contribution in [3.05, 3.63) is 82.8 Å². The topological polar surface area (TPSA) is 87.9 Å². The maximum absolute atomic E-state index is 14.3. The summed E-state index contributed by atoms with van der Waals surface area (Å²) < 4.78 is 14.3. The standard InChI is InChI=1S/C26H35FN4/c1-16(2)7-8-18-9-11-20(27)14-21(18)24(31-17(3)4)15-26(5,6)19-10-12-23(28)22(13-19)25(29)30/h9-16,31H,3,7-8,28H2,1-2,4-6H3,(H3,29,30)/b24-15-. The molecule has 0 fully saturated rings. The van der Waals surface area contributed by atoms with E-state index in [-0.39, 0.29) is 11.7 Å². The van der Waals surface area contributed by atoms with Gasteiger partial charge in [-0.2, -0.15) is 0 Å². The zero-order valence-electron chi connectivity index (χ0n) is 19.3.